The van der Waals surface area contributed by atoms with Gasteiger partial charge in [0, 0.05) is 11.3 Å². The first-order chi connectivity index (χ1) is 12.5. The molecule has 0 fully saturated rings. The number of unbranched alkanes of at least 4 members (excludes halogenated alkanes) is 7. The van der Waals surface area contributed by atoms with E-state index < -0.39 is 5.91 Å². The fourth-order valence-corrected chi connectivity index (χ4v) is 5.14. The molecule has 3 N–H and O–H groups in total. The lowest BCUT2D eigenvalue weighted by molar-refractivity contribution is -0.116. The number of hydrogen-bond donors (Lipinski definition) is 2. The summed E-state index contributed by atoms with van der Waals surface area (Å²) in [7, 11) is 0. The zero-order valence-corrected chi connectivity index (χ0v) is 17.2. The summed E-state index contributed by atoms with van der Waals surface area (Å²) in [6, 6.07) is 0. The number of nitrogens with two attached hydrogens (primary N) is 1. The van der Waals surface area contributed by atoms with Crippen molar-refractivity contribution >= 4 is 28.2 Å². The first-order valence-electron chi connectivity index (χ1n) is 10.3. The molecule has 4 nitrogen and oxygen atoms in total. The highest BCUT2D eigenvalue weighted by molar-refractivity contribution is 7.17. The van der Waals surface area contributed by atoms with E-state index in [2.05, 4.69) is 19.2 Å². The van der Waals surface area contributed by atoms with Crippen molar-refractivity contribution in [2.24, 2.45) is 11.7 Å². The Balaban J connectivity index is 1.79. The van der Waals surface area contributed by atoms with Crippen LogP contribution in [-0.2, 0) is 17.6 Å². The predicted octanol–water partition coefficient (Wildman–Crippen LogP) is 5.44. The number of carbonyl (C=O) groups is 2. The van der Waals surface area contributed by atoms with Gasteiger partial charge in [0.05, 0.1) is 5.56 Å². The van der Waals surface area contributed by atoms with Crippen LogP contribution in [-0.4, -0.2) is 11.8 Å². The van der Waals surface area contributed by atoms with Gasteiger partial charge in [0.2, 0.25) is 5.91 Å². The van der Waals surface area contributed by atoms with Crippen molar-refractivity contribution in [1.29, 1.82) is 0 Å². The monoisotopic (exact) mass is 378 g/mol. The zero-order chi connectivity index (χ0) is 18.9. The van der Waals surface area contributed by atoms with Crippen LogP contribution in [0.2, 0.25) is 0 Å². The maximum absolute atomic E-state index is 12.3. The number of thiophene rings is 1. The molecule has 0 aliphatic heterocycles. The lowest BCUT2D eigenvalue weighted by atomic mass is 9.88. The molecule has 0 radical (unpaired) electrons. The Labute approximate surface area is 161 Å². The van der Waals surface area contributed by atoms with E-state index in [0.717, 1.165) is 37.7 Å². The Hall–Kier alpha value is -1.36. The largest absolute Gasteiger partial charge is 0.365 e. The summed E-state index contributed by atoms with van der Waals surface area (Å²) in [5.74, 6) is 0.215. The smallest absolute Gasteiger partial charge is 0.251 e. The van der Waals surface area contributed by atoms with Gasteiger partial charge in [0.15, 0.2) is 0 Å². The molecule has 1 aromatic rings. The normalized spacial score (nSPS) is 16.3. The Morgan fingerprint density at radius 1 is 1.12 bits per heavy atom. The molecule has 26 heavy (non-hydrogen) atoms. The highest BCUT2D eigenvalue weighted by Crippen LogP contribution is 2.39. The second-order valence-corrected chi connectivity index (χ2v) is 8.80. The molecule has 2 amide bonds. The molecule has 0 spiro atoms. The van der Waals surface area contributed by atoms with Crippen molar-refractivity contribution in [3.05, 3.63) is 16.0 Å². The van der Waals surface area contributed by atoms with Gasteiger partial charge in [0.1, 0.15) is 5.00 Å². The van der Waals surface area contributed by atoms with E-state index in [1.165, 1.54) is 43.4 Å². The minimum atomic E-state index is -0.417. The maximum atomic E-state index is 12.3. The lowest BCUT2D eigenvalue weighted by Crippen LogP contribution is -2.19. The molecule has 0 aromatic carbocycles. The van der Waals surface area contributed by atoms with Gasteiger partial charge in [-0.3, -0.25) is 9.59 Å². The van der Waals surface area contributed by atoms with Gasteiger partial charge < -0.3 is 11.1 Å². The van der Waals surface area contributed by atoms with Gasteiger partial charge in [-0.2, -0.15) is 0 Å². The molecule has 1 atom stereocenters. The van der Waals surface area contributed by atoms with Crippen molar-refractivity contribution in [3.8, 4) is 0 Å². The van der Waals surface area contributed by atoms with Crippen LogP contribution >= 0.6 is 11.3 Å². The Morgan fingerprint density at radius 2 is 1.77 bits per heavy atom. The SMILES string of the molecule is CCCCCCCCCCC(=O)Nc1sc2c(c1C(N)=O)CC[C@@H](C)C2. The third kappa shape index (κ3) is 6.11. The number of hydrogen-bond acceptors (Lipinski definition) is 3. The topological polar surface area (TPSA) is 72.2 Å². The number of anilines is 1. The Kier molecular flexibility index (Phi) is 8.63. The molecule has 0 unspecified atom stereocenters. The summed E-state index contributed by atoms with van der Waals surface area (Å²) < 4.78 is 0. The summed E-state index contributed by atoms with van der Waals surface area (Å²) in [6.45, 7) is 4.46. The van der Waals surface area contributed by atoms with Gasteiger partial charge in [-0.25, -0.2) is 0 Å². The van der Waals surface area contributed by atoms with Crippen molar-refractivity contribution in [3.63, 3.8) is 0 Å². The molecule has 0 bridgehead atoms. The molecule has 1 heterocycles. The zero-order valence-electron chi connectivity index (χ0n) is 16.4. The molecular formula is C21H34N2O2S. The maximum Gasteiger partial charge on any atom is 0.251 e. The number of nitrogens with one attached hydrogen (secondary N) is 1. The second-order valence-electron chi connectivity index (χ2n) is 7.69. The minimum absolute atomic E-state index is 0.00475. The predicted molar refractivity (Wildman–Crippen MR) is 110 cm³/mol. The average Bonchev–Trinajstić information content (AvgIpc) is 2.94. The van der Waals surface area contributed by atoms with Gasteiger partial charge in [0.25, 0.3) is 5.91 Å². The molecule has 5 heteroatoms. The first-order valence-corrected chi connectivity index (χ1v) is 11.1. The van der Waals surface area contributed by atoms with Gasteiger partial charge >= 0.3 is 0 Å². The van der Waals surface area contributed by atoms with Crippen LogP contribution in [0.3, 0.4) is 0 Å². The van der Waals surface area contributed by atoms with Gasteiger partial charge in [-0.05, 0) is 37.2 Å². The second kappa shape index (κ2) is 10.7. The summed E-state index contributed by atoms with van der Waals surface area (Å²) in [4.78, 5) is 25.4. The number of carbonyl (C=O) groups excluding carboxylic acids is 2. The number of primary amides is 1. The molecular weight excluding hydrogens is 344 g/mol. The van der Waals surface area contributed by atoms with Crippen LogP contribution < -0.4 is 11.1 Å². The number of amides is 2. The van der Waals surface area contributed by atoms with Crippen LogP contribution in [0.15, 0.2) is 0 Å². The van der Waals surface area contributed by atoms with E-state index >= 15 is 0 Å². The Bertz CT molecular complexity index is 609. The summed E-state index contributed by atoms with van der Waals surface area (Å²) >= 11 is 1.54. The Morgan fingerprint density at radius 3 is 2.42 bits per heavy atom. The fourth-order valence-electron chi connectivity index (χ4n) is 3.71. The average molecular weight is 379 g/mol. The van der Waals surface area contributed by atoms with E-state index in [1.54, 1.807) is 11.3 Å². The van der Waals surface area contributed by atoms with Crippen molar-refractivity contribution in [1.82, 2.24) is 0 Å². The van der Waals surface area contributed by atoms with Crippen LogP contribution in [0, 0.1) is 5.92 Å². The molecule has 2 rings (SSSR count). The fraction of sp³-hybridized carbons (Fsp3) is 0.714. The van der Waals surface area contributed by atoms with Crippen LogP contribution in [0.5, 0.6) is 0 Å². The van der Waals surface area contributed by atoms with Gasteiger partial charge in [-0.15, -0.1) is 11.3 Å². The highest BCUT2D eigenvalue weighted by Gasteiger charge is 2.27. The van der Waals surface area contributed by atoms with E-state index in [4.69, 9.17) is 5.73 Å². The number of rotatable bonds is 11. The van der Waals surface area contributed by atoms with Crippen molar-refractivity contribution in [2.45, 2.75) is 90.9 Å². The molecule has 0 saturated heterocycles. The summed E-state index contributed by atoms with van der Waals surface area (Å²) in [5.41, 5.74) is 7.23. The highest BCUT2D eigenvalue weighted by atomic mass is 32.1. The van der Waals surface area contributed by atoms with E-state index in [-0.39, 0.29) is 5.91 Å². The third-order valence-corrected chi connectivity index (χ3v) is 6.44. The molecule has 146 valence electrons. The third-order valence-electron chi connectivity index (χ3n) is 5.27. The summed E-state index contributed by atoms with van der Waals surface area (Å²) in [6.07, 6.45) is 13.2. The quantitative estimate of drug-likeness (QED) is 0.503. The van der Waals surface area contributed by atoms with Gasteiger partial charge in [-0.1, -0.05) is 58.8 Å². The van der Waals surface area contributed by atoms with Crippen LogP contribution in [0.4, 0.5) is 5.00 Å². The van der Waals surface area contributed by atoms with Crippen molar-refractivity contribution < 1.29 is 9.59 Å². The summed E-state index contributed by atoms with van der Waals surface area (Å²) in [5, 5.41) is 3.63. The van der Waals surface area contributed by atoms with Crippen LogP contribution in [0.25, 0.3) is 0 Å². The minimum Gasteiger partial charge on any atom is -0.365 e. The van der Waals surface area contributed by atoms with Crippen molar-refractivity contribution in [2.75, 3.05) is 5.32 Å². The van der Waals surface area contributed by atoms with E-state index in [0.29, 0.717) is 22.9 Å². The van der Waals surface area contributed by atoms with E-state index in [1.807, 2.05) is 0 Å². The lowest BCUT2D eigenvalue weighted by Gasteiger charge is -2.18. The molecule has 1 aliphatic rings. The molecule has 1 aliphatic carbocycles. The molecule has 0 saturated carbocycles. The standard InChI is InChI=1S/C21H34N2O2S/c1-3-4-5-6-7-8-9-10-11-18(24)23-21-19(20(22)25)16-13-12-15(2)14-17(16)26-21/h15H,3-14H2,1-2H3,(H2,22,25)(H,23,24)/t15-/m1/s1. The first kappa shape index (κ1) is 20.9. The van der Waals surface area contributed by atoms with E-state index in [9.17, 15) is 9.59 Å². The van der Waals surface area contributed by atoms with Crippen LogP contribution in [0.1, 0.15) is 98.9 Å². The number of fused-ring (bicyclic) bond motifs is 1. The molecule has 1 aromatic heterocycles.